The van der Waals surface area contributed by atoms with Crippen molar-refractivity contribution in [1.82, 2.24) is 9.97 Å². The first kappa shape index (κ1) is 10.3. The molecule has 15 heavy (non-hydrogen) atoms. The van der Waals surface area contributed by atoms with Crippen LogP contribution in [0, 0.1) is 0 Å². The van der Waals surface area contributed by atoms with E-state index in [0.717, 1.165) is 30.0 Å². The number of hydrogen-bond acceptors (Lipinski definition) is 4. The van der Waals surface area contributed by atoms with E-state index < -0.39 is 0 Å². The van der Waals surface area contributed by atoms with Crippen molar-refractivity contribution in [1.29, 1.82) is 0 Å². The zero-order valence-corrected chi connectivity index (χ0v) is 9.20. The second-order valence-electron chi connectivity index (χ2n) is 3.26. The second kappa shape index (κ2) is 5.00. The first-order valence-electron chi connectivity index (χ1n) is 4.95. The van der Waals surface area contributed by atoms with Crippen LogP contribution in [0.1, 0.15) is 11.3 Å². The fourth-order valence-electron chi connectivity index (χ4n) is 1.33. The molecule has 3 nitrogen and oxygen atoms in total. The number of aromatic nitrogens is 2. The van der Waals surface area contributed by atoms with Gasteiger partial charge in [-0.15, -0.1) is 11.3 Å². The summed E-state index contributed by atoms with van der Waals surface area (Å²) in [5.41, 5.74) is 6.60. The number of hydrogen-bond donors (Lipinski definition) is 1. The van der Waals surface area contributed by atoms with Gasteiger partial charge < -0.3 is 5.73 Å². The summed E-state index contributed by atoms with van der Waals surface area (Å²) < 4.78 is 0. The summed E-state index contributed by atoms with van der Waals surface area (Å²) in [7, 11) is 0. The lowest BCUT2D eigenvalue weighted by atomic mass is 10.3. The molecule has 0 spiro atoms. The van der Waals surface area contributed by atoms with Crippen LogP contribution in [0.4, 0.5) is 0 Å². The Hall–Kier alpha value is -1.26. The highest BCUT2D eigenvalue weighted by atomic mass is 32.1. The third-order valence-electron chi connectivity index (χ3n) is 2.11. The van der Waals surface area contributed by atoms with Crippen molar-refractivity contribution >= 4 is 11.3 Å². The number of nitrogens with two attached hydrogens (primary N) is 1. The monoisotopic (exact) mass is 219 g/mol. The number of aryl methyl sites for hydroxylation is 1. The van der Waals surface area contributed by atoms with Crippen molar-refractivity contribution in [2.24, 2.45) is 5.73 Å². The molecule has 0 atom stereocenters. The maximum atomic E-state index is 5.47. The van der Waals surface area contributed by atoms with Crippen LogP contribution < -0.4 is 5.73 Å². The lowest BCUT2D eigenvalue weighted by Gasteiger charge is -1.93. The van der Waals surface area contributed by atoms with E-state index in [2.05, 4.69) is 9.97 Å². The minimum absolute atomic E-state index is 0.739. The molecule has 0 saturated heterocycles. The lowest BCUT2D eigenvalue weighted by molar-refractivity contribution is 0.841. The molecule has 0 aliphatic heterocycles. The minimum atomic E-state index is 0.739. The first-order chi connectivity index (χ1) is 7.40. The largest absolute Gasteiger partial charge is 0.330 e. The predicted octanol–water partition coefficient (Wildman–Crippen LogP) is 2.10. The topological polar surface area (TPSA) is 51.8 Å². The van der Waals surface area contributed by atoms with Crippen molar-refractivity contribution in [3.63, 3.8) is 0 Å². The molecule has 0 aliphatic carbocycles. The highest BCUT2D eigenvalue weighted by molar-refractivity contribution is 7.15. The molecule has 78 valence electrons. The van der Waals surface area contributed by atoms with Crippen LogP contribution >= 0.6 is 11.3 Å². The maximum absolute atomic E-state index is 5.47. The molecule has 2 aromatic rings. The van der Waals surface area contributed by atoms with Gasteiger partial charge in [0.1, 0.15) is 5.01 Å². The van der Waals surface area contributed by atoms with E-state index in [-0.39, 0.29) is 0 Å². The summed E-state index contributed by atoms with van der Waals surface area (Å²) in [6, 6.07) is 3.96. The number of rotatable bonds is 4. The molecule has 4 heteroatoms. The van der Waals surface area contributed by atoms with Gasteiger partial charge in [-0.1, -0.05) is 0 Å². The molecule has 2 heterocycles. The van der Waals surface area contributed by atoms with Gasteiger partial charge >= 0.3 is 0 Å². The van der Waals surface area contributed by atoms with Crippen molar-refractivity contribution in [2.45, 2.75) is 12.8 Å². The molecule has 0 fully saturated rings. The summed E-state index contributed by atoms with van der Waals surface area (Å²) in [5, 5.41) is 1.06. The third-order valence-corrected chi connectivity index (χ3v) is 3.21. The van der Waals surface area contributed by atoms with Gasteiger partial charge in [0.25, 0.3) is 0 Å². The van der Waals surface area contributed by atoms with Gasteiger partial charge in [0.2, 0.25) is 0 Å². The van der Waals surface area contributed by atoms with Crippen LogP contribution in [-0.2, 0) is 6.42 Å². The van der Waals surface area contributed by atoms with E-state index in [1.807, 2.05) is 18.3 Å². The van der Waals surface area contributed by atoms with Crippen LogP contribution in [-0.4, -0.2) is 16.5 Å². The van der Waals surface area contributed by atoms with Crippen LogP contribution in [0.5, 0.6) is 0 Å². The minimum Gasteiger partial charge on any atom is -0.330 e. The molecular formula is C11H13N3S. The normalized spacial score (nSPS) is 10.5. The van der Waals surface area contributed by atoms with Gasteiger partial charge in [-0.25, -0.2) is 4.98 Å². The number of thiazole rings is 1. The fraction of sp³-hybridized carbons (Fsp3) is 0.273. The smallest absolute Gasteiger partial charge is 0.123 e. The van der Waals surface area contributed by atoms with E-state index in [1.165, 1.54) is 4.88 Å². The molecular weight excluding hydrogens is 206 g/mol. The molecule has 0 unspecified atom stereocenters. The molecule has 0 saturated carbocycles. The van der Waals surface area contributed by atoms with Crippen LogP contribution in [0.2, 0.25) is 0 Å². The Labute approximate surface area is 93.0 Å². The van der Waals surface area contributed by atoms with Gasteiger partial charge in [0.05, 0.1) is 0 Å². The first-order valence-corrected chi connectivity index (χ1v) is 5.77. The van der Waals surface area contributed by atoms with Crippen molar-refractivity contribution in [3.05, 3.63) is 35.6 Å². The summed E-state index contributed by atoms with van der Waals surface area (Å²) in [4.78, 5) is 9.68. The Balaban J connectivity index is 2.14. The molecule has 0 bridgehead atoms. The predicted molar refractivity (Wildman–Crippen MR) is 62.7 cm³/mol. The number of nitrogens with zero attached hydrogens (tertiary/aromatic N) is 2. The SMILES string of the molecule is NCCCc1cnc(-c2ccncc2)s1. The summed E-state index contributed by atoms with van der Waals surface area (Å²) in [6.45, 7) is 0.739. The Bertz CT molecular complexity index is 411. The van der Waals surface area contributed by atoms with Gasteiger partial charge in [-0.3, -0.25) is 4.98 Å². The average Bonchev–Trinajstić information content (AvgIpc) is 2.76. The average molecular weight is 219 g/mol. The Morgan fingerprint density at radius 1 is 1.27 bits per heavy atom. The number of pyridine rings is 1. The van der Waals surface area contributed by atoms with E-state index in [0.29, 0.717) is 0 Å². The van der Waals surface area contributed by atoms with E-state index in [9.17, 15) is 0 Å². The van der Waals surface area contributed by atoms with Crippen molar-refractivity contribution in [3.8, 4) is 10.6 Å². The van der Waals surface area contributed by atoms with Crippen LogP contribution in [0.3, 0.4) is 0 Å². The molecule has 0 amide bonds. The Morgan fingerprint density at radius 3 is 2.80 bits per heavy atom. The molecule has 0 aromatic carbocycles. The van der Waals surface area contributed by atoms with Crippen LogP contribution in [0.15, 0.2) is 30.7 Å². The molecule has 2 aromatic heterocycles. The van der Waals surface area contributed by atoms with E-state index in [4.69, 9.17) is 5.73 Å². The highest BCUT2D eigenvalue weighted by Gasteiger charge is 2.03. The molecule has 2 N–H and O–H groups in total. The molecule has 0 aliphatic rings. The van der Waals surface area contributed by atoms with E-state index >= 15 is 0 Å². The Morgan fingerprint density at radius 2 is 2.07 bits per heavy atom. The zero-order valence-electron chi connectivity index (χ0n) is 8.39. The Kier molecular flexibility index (Phi) is 3.42. The molecule has 0 radical (unpaired) electrons. The molecule has 2 rings (SSSR count). The fourth-order valence-corrected chi connectivity index (χ4v) is 2.29. The zero-order chi connectivity index (χ0) is 10.5. The lowest BCUT2D eigenvalue weighted by Crippen LogP contribution is -1.99. The van der Waals surface area contributed by atoms with Crippen LogP contribution in [0.25, 0.3) is 10.6 Å². The third kappa shape index (κ3) is 2.61. The van der Waals surface area contributed by atoms with Crippen molar-refractivity contribution in [2.75, 3.05) is 6.54 Å². The van der Waals surface area contributed by atoms with Gasteiger partial charge in [0.15, 0.2) is 0 Å². The highest BCUT2D eigenvalue weighted by Crippen LogP contribution is 2.24. The maximum Gasteiger partial charge on any atom is 0.123 e. The quantitative estimate of drug-likeness (QED) is 0.856. The van der Waals surface area contributed by atoms with Gasteiger partial charge in [0, 0.05) is 29.0 Å². The second-order valence-corrected chi connectivity index (χ2v) is 4.38. The van der Waals surface area contributed by atoms with E-state index in [1.54, 1.807) is 23.7 Å². The van der Waals surface area contributed by atoms with Gasteiger partial charge in [-0.05, 0) is 31.5 Å². The standard InChI is InChI=1S/C11H13N3S/c12-5-1-2-10-8-14-11(15-10)9-3-6-13-7-4-9/h3-4,6-8H,1-2,5,12H2. The summed E-state index contributed by atoms with van der Waals surface area (Å²) >= 11 is 1.73. The summed E-state index contributed by atoms with van der Waals surface area (Å²) in [6.07, 6.45) is 7.57. The summed E-state index contributed by atoms with van der Waals surface area (Å²) in [5.74, 6) is 0. The van der Waals surface area contributed by atoms with Gasteiger partial charge in [-0.2, -0.15) is 0 Å². The van der Waals surface area contributed by atoms with Crippen molar-refractivity contribution < 1.29 is 0 Å².